The van der Waals surface area contributed by atoms with Crippen LogP contribution in [-0.2, 0) is 9.59 Å². The van der Waals surface area contributed by atoms with Crippen molar-refractivity contribution in [2.24, 2.45) is 5.41 Å². The fraction of sp³-hybridized carbons (Fsp3) is 0.625. The number of likely N-dealkylation sites (tertiary alicyclic amines) is 1. The predicted octanol–water partition coefficient (Wildman–Crippen LogP) is 3.46. The second-order valence-corrected chi connectivity index (χ2v) is 10.3. The van der Waals surface area contributed by atoms with Gasteiger partial charge in [0.25, 0.3) is 0 Å². The lowest BCUT2D eigenvalue weighted by molar-refractivity contribution is -0.274. The number of nitrogens with zero attached hydrogens (tertiary/aromatic N) is 3. The van der Waals surface area contributed by atoms with Crippen LogP contribution in [0, 0.1) is 5.41 Å². The molecule has 1 saturated carbocycles. The predicted molar refractivity (Wildman–Crippen MR) is 128 cm³/mol. The van der Waals surface area contributed by atoms with Crippen molar-refractivity contribution in [2.75, 3.05) is 38.0 Å². The minimum atomic E-state index is -4.94. The highest BCUT2D eigenvalue weighted by Gasteiger charge is 2.51. The first-order chi connectivity index (χ1) is 17.4. The number of piperazine rings is 1. The highest BCUT2D eigenvalue weighted by molar-refractivity contribution is 6.32. The standard InChI is InChI=1S/C24H30ClF3N4O5/c1-15-21(35)30(9-2-3-20(34)31-10-8-23(6-7-23)19(33)14-31)11-12-32(15)22(36)29-16-4-5-17(25)18(13-16)37-24(26,27)28/h4-5,13,15,19,33H,2-3,6-12,14H2,1H3,(H,29,36)/t15-,19+/m0/s1. The second-order valence-electron chi connectivity index (χ2n) is 9.89. The molecule has 9 nitrogen and oxygen atoms in total. The number of benzene rings is 1. The third kappa shape index (κ3) is 6.40. The highest BCUT2D eigenvalue weighted by Crippen LogP contribution is 2.53. The lowest BCUT2D eigenvalue weighted by Crippen LogP contribution is -2.58. The van der Waals surface area contributed by atoms with Gasteiger partial charge in [-0.2, -0.15) is 0 Å². The van der Waals surface area contributed by atoms with Crippen molar-refractivity contribution >= 4 is 35.1 Å². The van der Waals surface area contributed by atoms with Gasteiger partial charge in [0.15, 0.2) is 0 Å². The molecular weight excluding hydrogens is 517 g/mol. The summed E-state index contributed by atoms with van der Waals surface area (Å²) >= 11 is 5.74. The van der Waals surface area contributed by atoms with Gasteiger partial charge in [-0.1, -0.05) is 11.6 Å². The summed E-state index contributed by atoms with van der Waals surface area (Å²) in [5.74, 6) is -0.971. The summed E-state index contributed by atoms with van der Waals surface area (Å²) in [4.78, 5) is 42.8. The number of anilines is 1. The summed E-state index contributed by atoms with van der Waals surface area (Å²) in [6.45, 7) is 3.42. The first-order valence-electron chi connectivity index (χ1n) is 12.3. The molecule has 37 heavy (non-hydrogen) atoms. The van der Waals surface area contributed by atoms with E-state index in [1.54, 1.807) is 16.7 Å². The molecule has 13 heteroatoms. The molecule has 2 saturated heterocycles. The van der Waals surface area contributed by atoms with Crippen LogP contribution in [0.15, 0.2) is 18.2 Å². The van der Waals surface area contributed by atoms with Crippen LogP contribution in [0.5, 0.6) is 5.75 Å². The van der Waals surface area contributed by atoms with Crippen LogP contribution in [0.1, 0.15) is 39.0 Å². The van der Waals surface area contributed by atoms with E-state index in [1.165, 1.54) is 17.0 Å². The molecule has 0 bridgehead atoms. The summed E-state index contributed by atoms with van der Waals surface area (Å²) in [6, 6.07) is 2.01. The summed E-state index contributed by atoms with van der Waals surface area (Å²) in [7, 11) is 0. The number of β-amino-alcohol motifs (C(OH)–C–C–N with tert-alkyl or cyclic N) is 1. The Morgan fingerprint density at radius 3 is 2.59 bits per heavy atom. The first kappa shape index (κ1) is 27.3. The first-order valence-corrected chi connectivity index (χ1v) is 12.6. The molecule has 0 aromatic heterocycles. The van der Waals surface area contributed by atoms with Crippen molar-refractivity contribution < 1.29 is 37.4 Å². The number of carbonyl (C=O) groups is 3. The molecule has 2 atom stereocenters. The van der Waals surface area contributed by atoms with Crippen LogP contribution < -0.4 is 10.1 Å². The van der Waals surface area contributed by atoms with Crippen LogP contribution in [0.4, 0.5) is 23.7 Å². The molecule has 0 unspecified atom stereocenters. The SMILES string of the molecule is C[C@H]1C(=O)N(CCCC(=O)N2CCC3(CC3)[C@H](O)C2)CCN1C(=O)Nc1ccc(Cl)c(OC(F)(F)F)c1. The molecule has 1 aliphatic carbocycles. The number of rotatable bonds is 6. The van der Waals surface area contributed by atoms with Gasteiger partial charge in [0, 0.05) is 50.9 Å². The van der Waals surface area contributed by atoms with Gasteiger partial charge < -0.3 is 29.9 Å². The lowest BCUT2D eigenvalue weighted by atomic mass is 9.90. The summed E-state index contributed by atoms with van der Waals surface area (Å²) < 4.78 is 41.5. The second kappa shape index (κ2) is 10.6. The molecular formula is C24H30ClF3N4O5. The van der Waals surface area contributed by atoms with Crippen molar-refractivity contribution in [2.45, 2.75) is 57.5 Å². The minimum Gasteiger partial charge on any atom is -0.404 e. The fourth-order valence-corrected chi connectivity index (χ4v) is 5.13. The number of piperidine rings is 1. The van der Waals surface area contributed by atoms with Gasteiger partial charge in [-0.15, -0.1) is 13.2 Å². The van der Waals surface area contributed by atoms with Crippen LogP contribution >= 0.6 is 11.6 Å². The molecule has 3 fully saturated rings. The van der Waals surface area contributed by atoms with Crippen molar-refractivity contribution in [1.29, 1.82) is 0 Å². The van der Waals surface area contributed by atoms with Crippen LogP contribution in [0.3, 0.4) is 0 Å². The maximum atomic E-state index is 12.9. The number of urea groups is 1. The highest BCUT2D eigenvalue weighted by atomic mass is 35.5. The Labute approximate surface area is 217 Å². The largest absolute Gasteiger partial charge is 0.573 e. The molecule has 3 aliphatic rings. The molecule has 4 rings (SSSR count). The normalized spacial score (nSPS) is 23.3. The molecule has 2 N–H and O–H groups in total. The monoisotopic (exact) mass is 546 g/mol. The van der Waals surface area contributed by atoms with E-state index in [0.717, 1.165) is 25.3 Å². The molecule has 0 radical (unpaired) electrons. The molecule has 2 aliphatic heterocycles. The van der Waals surface area contributed by atoms with Crippen LogP contribution in [-0.4, -0.2) is 88.9 Å². The van der Waals surface area contributed by atoms with Gasteiger partial charge in [-0.25, -0.2) is 4.79 Å². The molecule has 2 heterocycles. The Bertz CT molecular complexity index is 1050. The molecule has 4 amide bonds. The maximum Gasteiger partial charge on any atom is 0.573 e. The number of hydrogen-bond donors (Lipinski definition) is 2. The molecule has 1 spiro atoms. The minimum absolute atomic E-state index is 0.0258. The number of nitrogens with one attached hydrogen (secondary N) is 1. The zero-order valence-electron chi connectivity index (χ0n) is 20.4. The Hall–Kier alpha value is -2.73. The number of ether oxygens (including phenoxy) is 1. The Morgan fingerprint density at radius 1 is 1.22 bits per heavy atom. The van der Waals surface area contributed by atoms with E-state index in [1.807, 2.05) is 0 Å². The van der Waals surface area contributed by atoms with E-state index >= 15 is 0 Å². The Morgan fingerprint density at radius 2 is 1.95 bits per heavy atom. The smallest absolute Gasteiger partial charge is 0.404 e. The van der Waals surface area contributed by atoms with Gasteiger partial charge in [0.2, 0.25) is 11.8 Å². The average Bonchev–Trinajstić information content (AvgIpc) is 3.60. The molecule has 1 aromatic rings. The number of alkyl halides is 3. The maximum absolute atomic E-state index is 12.9. The number of halogens is 4. The summed E-state index contributed by atoms with van der Waals surface area (Å²) in [5, 5.41) is 12.5. The van der Waals surface area contributed by atoms with Gasteiger partial charge in [0.1, 0.15) is 11.8 Å². The molecule has 1 aromatic carbocycles. The van der Waals surface area contributed by atoms with Crippen molar-refractivity contribution in [3.05, 3.63) is 23.2 Å². The molecule has 204 valence electrons. The quantitative estimate of drug-likeness (QED) is 0.569. The van der Waals surface area contributed by atoms with Gasteiger partial charge >= 0.3 is 12.4 Å². The van der Waals surface area contributed by atoms with Gasteiger partial charge in [0.05, 0.1) is 11.1 Å². The number of aliphatic hydroxyl groups excluding tert-OH is 1. The van der Waals surface area contributed by atoms with E-state index in [4.69, 9.17) is 11.6 Å². The summed E-state index contributed by atoms with van der Waals surface area (Å²) in [6.07, 6.45) is -1.81. The lowest BCUT2D eigenvalue weighted by Gasteiger charge is -2.39. The van der Waals surface area contributed by atoms with Crippen molar-refractivity contribution in [3.63, 3.8) is 0 Å². The van der Waals surface area contributed by atoms with Crippen molar-refractivity contribution in [1.82, 2.24) is 14.7 Å². The summed E-state index contributed by atoms with van der Waals surface area (Å²) in [5.41, 5.74) is 0.0579. The zero-order chi connectivity index (χ0) is 27.0. The number of amides is 4. The third-order valence-electron chi connectivity index (χ3n) is 7.46. The van der Waals surface area contributed by atoms with E-state index in [9.17, 15) is 32.7 Å². The van der Waals surface area contributed by atoms with Gasteiger partial charge in [-0.05, 0) is 50.2 Å². The average molecular weight is 547 g/mol. The topological polar surface area (TPSA) is 102 Å². The fourth-order valence-electron chi connectivity index (χ4n) is 4.98. The number of aliphatic hydroxyl groups is 1. The third-order valence-corrected chi connectivity index (χ3v) is 7.77. The Kier molecular flexibility index (Phi) is 7.80. The van der Waals surface area contributed by atoms with E-state index < -0.39 is 30.3 Å². The van der Waals surface area contributed by atoms with Crippen LogP contribution in [0.2, 0.25) is 5.02 Å². The number of carbonyl (C=O) groups excluding carboxylic acids is 3. The van der Waals surface area contributed by atoms with Crippen LogP contribution in [0.25, 0.3) is 0 Å². The van der Waals surface area contributed by atoms with E-state index in [2.05, 4.69) is 10.1 Å². The number of hydrogen-bond acceptors (Lipinski definition) is 5. The van der Waals surface area contributed by atoms with Crippen molar-refractivity contribution in [3.8, 4) is 5.75 Å². The van der Waals surface area contributed by atoms with E-state index in [-0.39, 0.29) is 47.4 Å². The van der Waals surface area contributed by atoms with Gasteiger partial charge in [-0.3, -0.25) is 9.59 Å². The zero-order valence-corrected chi connectivity index (χ0v) is 21.1. The van der Waals surface area contributed by atoms with E-state index in [0.29, 0.717) is 26.1 Å². The Balaban J connectivity index is 1.24.